The van der Waals surface area contributed by atoms with Crippen LogP contribution in [0.3, 0.4) is 0 Å². The molecule has 1 aromatic carbocycles. The number of hydrogen-bond donors (Lipinski definition) is 1. The average molecular weight is 359 g/mol. The second-order valence-electron chi connectivity index (χ2n) is 6.21. The number of halogens is 1. The first kappa shape index (κ1) is 17.5. The smallest absolute Gasteiger partial charge is 0.258 e. The van der Waals surface area contributed by atoms with E-state index >= 15 is 0 Å². The van der Waals surface area contributed by atoms with Crippen LogP contribution in [0.2, 0.25) is 5.02 Å². The third-order valence-corrected chi connectivity index (χ3v) is 4.39. The highest BCUT2D eigenvalue weighted by molar-refractivity contribution is 6.30. The number of aromatic nitrogens is 2. The summed E-state index contributed by atoms with van der Waals surface area (Å²) < 4.78 is 7.02. The molecular weight excluding hydrogens is 338 g/mol. The summed E-state index contributed by atoms with van der Waals surface area (Å²) in [5, 5.41) is 0.682. The van der Waals surface area contributed by atoms with E-state index in [0.717, 1.165) is 29.2 Å². The van der Waals surface area contributed by atoms with Crippen LogP contribution in [-0.2, 0) is 13.1 Å². The third-order valence-electron chi connectivity index (χ3n) is 4.15. The third kappa shape index (κ3) is 3.83. The number of quaternary nitrogens is 1. The zero-order valence-electron chi connectivity index (χ0n) is 14.5. The fourth-order valence-corrected chi connectivity index (χ4v) is 3.23. The van der Waals surface area contributed by atoms with Crippen LogP contribution in [0.5, 0.6) is 5.75 Å². The van der Waals surface area contributed by atoms with Crippen molar-refractivity contribution in [3.63, 3.8) is 0 Å². The first-order valence-electron chi connectivity index (χ1n) is 8.10. The number of methoxy groups -OCH3 is 1. The predicted molar refractivity (Wildman–Crippen MR) is 98.5 cm³/mol. The minimum atomic E-state index is -0.0498. The lowest BCUT2D eigenvalue weighted by Crippen LogP contribution is -3.06. The zero-order chi connectivity index (χ0) is 18.0. The van der Waals surface area contributed by atoms with Gasteiger partial charge in [-0.05, 0) is 37.3 Å². The Morgan fingerprint density at radius 3 is 2.76 bits per heavy atom. The van der Waals surface area contributed by atoms with Gasteiger partial charge in [0.25, 0.3) is 5.56 Å². The summed E-state index contributed by atoms with van der Waals surface area (Å²) in [5.74, 6) is 0.811. The molecule has 5 nitrogen and oxygen atoms in total. The number of pyridine rings is 1. The zero-order valence-corrected chi connectivity index (χ0v) is 15.3. The van der Waals surface area contributed by atoms with Crippen molar-refractivity contribution >= 4 is 17.2 Å². The van der Waals surface area contributed by atoms with Gasteiger partial charge in [-0.1, -0.05) is 17.7 Å². The van der Waals surface area contributed by atoms with Gasteiger partial charge in [-0.2, -0.15) is 0 Å². The SMILES string of the molecule is COc1ccc(Cl)cc1C[NH+](C)Cc1cc(=O)n2c(C)cccc2n1. The van der Waals surface area contributed by atoms with Crippen LogP contribution in [0, 0.1) is 6.92 Å². The summed E-state index contributed by atoms with van der Waals surface area (Å²) in [6, 6.07) is 12.9. The van der Waals surface area contributed by atoms with Crippen LogP contribution in [-0.4, -0.2) is 23.5 Å². The number of rotatable bonds is 5. The number of ether oxygens (including phenoxy) is 1. The van der Waals surface area contributed by atoms with Crippen molar-refractivity contribution in [3.05, 3.63) is 74.8 Å². The van der Waals surface area contributed by atoms with Gasteiger partial charge >= 0.3 is 0 Å². The van der Waals surface area contributed by atoms with Gasteiger partial charge in [0.15, 0.2) is 0 Å². The highest BCUT2D eigenvalue weighted by atomic mass is 35.5. The maximum atomic E-state index is 12.4. The standard InChI is InChI=1S/C19H20ClN3O2/c1-13-5-4-6-18-21-16(10-19(24)23(13)18)12-22(2)11-14-9-15(20)7-8-17(14)25-3/h4-10H,11-12H2,1-3H3/p+1. The molecule has 25 heavy (non-hydrogen) atoms. The fourth-order valence-electron chi connectivity index (χ4n) is 3.04. The topological polar surface area (TPSA) is 48.0 Å². The summed E-state index contributed by atoms with van der Waals surface area (Å²) in [5.41, 5.74) is 3.31. The van der Waals surface area contributed by atoms with Crippen molar-refractivity contribution in [3.8, 4) is 5.75 Å². The van der Waals surface area contributed by atoms with Crippen LogP contribution >= 0.6 is 11.6 Å². The Labute approximate surface area is 151 Å². The van der Waals surface area contributed by atoms with Gasteiger partial charge in [0.05, 0.1) is 14.2 Å². The minimum absolute atomic E-state index is 0.0498. The van der Waals surface area contributed by atoms with E-state index < -0.39 is 0 Å². The van der Waals surface area contributed by atoms with Crippen LogP contribution in [0.1, 0.15) is 17.0 Å². The molecular formula is C19H21ClN3O2+. The highest BCUT2D eigenvalue weighted by Crippen LogP contribution is 2.21. The molecule has 6 heteroatoms. The molecule has 0 aliphatic rings. The van der Waals surface area contributed by atoms with Gasteiger partial charge in [-0.25, -0.2) is 4.98 Å². The van der Waals surface area contributed by atoms with Gasteiger partial charge < -0.3 is 9.64 Å². The Morgan fingerprint density at radius 1 is 1.20 bits per heavy atom. The Bertz CT molecular complexity index is 969. The molecule has 0 radical (unpaired) electrons. The average Bonchev–Trinajstić information content (AvgIpc) is 2.54. The molecule has 0 aliphatic carbocycles. The molecule has 1 unspecified atom stereocenters. The minimum Gasteiger partial charge on any atom is -0.496 e. The van der Waals surface area contributed by atoms with Gasteiger partial charge in [-0.15, -0.1) is 0 Å². The molecule has 3 rings (SSSR count). The molecule has 0 aliphatic heterocycles. The normalized spacial score (nSPS) is 12.3. The van der Waals surface area contributed by atoms with Crippen molar-refractivity contribution in [1.82, 2.24) is 9.38 Å². The van der Waals surface area contributed by atoms with E-state index in [2.05, 4.69) is 12.0 Å². The summed E-state index contributed by atoms with van der Waals surface area (Å²) in [4.78, 5) is 18.2. The van der Waals surface area contributed by atoms with Crippen molar-refractivity contribution in [2.24, 2.45) is 0 Å². The molecule has 1 atom stereocenters. The van der Waals surface area contributed by atoms with Crippen LogP contribution < -0.4 is 15.2 Å². The molecule has 0 saturated heterocycles. The Balaban J connectivity index is 1.84. The van der Waals surface area contributed by atoms with Gasteiger partial charge in [0, 0.05) is 22.3 Å². The van der Waals surface area contributed by atoms with E-state index in [0.29, 0.717) is 17.2 Å². The molecule has 130 valence electrons. The van der Waals surface area contributed by atoms with E-state index in [1.165, 1.54) is 4.90 Å². The lowest BCUT2D eigenvalue weighted by Gasteiger charge is -2.16. The van der Waals surface area contributed by atoms with Crippen molar-refractivity contribution < 1.29 is 9.64 Å². The molecule has 0 amide bonds. The molecule has 2 aromatic heterocycles. The molecule has 0 bridgehead atoms. The van der Waals surface area contributed by atoms with Gasteiger partial charge in [0.1, 0.15) is 30.2 Å². The van der Waals surface area contributed by atoms with Crippen LogP contribution in [0.25, 0.3) is 5.65 Å². The van der Waals surface area contributed by atoms with Crippen LogP contribution in [0.4, 0.5) is 0 Å². The molecule has 3 aromatic rings. The number of nitrogens with one attached hydrogen (secondary N) is 1. The maximum absolute atomic E-state index is 12.4. The summed E-state index contributed by atoms with van der Waals surface area (Å²) in [6.45, 7) is 3.26. The van der Waals surface area contributed by atoms with E-state index in [9.17, 15) is 4.79 Å². The molecule has 1 N–H and O–H groups in total. The molecule has 0 spiro atoms. The van der Waals surface area contributed by atoms with E-state index in [1.807, 2.05) is 43.3 Å². The second kappa shape index (κ2) is 7.25. The predicted octanol–water partition coefficient (Wildman–Crippen LogP) is 1.88. The Hall–Kier alpha value is -2.37. The molecule has 0 fully saturated rings. The van der Waals surface area contributed by atoms with Crippen molar-refractivity contribution in [2.45, 2.75) is 20.0 Å². The number of nitrogens with zero attached hydrogens (tertiary/aromatic N) is 2. The monoisotopic (exact) mass is 358 g/mol. The molecule has 2 heterocycles. The maximum Gasteiger partial charge on any atom is 0.258 e. The number of hydrogen-bond acceptors (Lipinski definition) is 3. The van der Waals surface area contributed by atoms with Crippen molar-refractivity contribution in [1.29, 1.82) is 0 Å². The first-order chi connectivity index (χ1) is 12.0. The number of aryl methyl sites for hydroxylation is 1. The summed E-state index contributed by atoms with van der Waals surface area (Å²) in [6.07, 6.45) is 0. The fraction of sp³-hybridized carbons (Fsp3) is 0.263. The first-order valence-corrected chi connectivity index (χ1v) is 8.48. The number of fused-ring (bicyclic) bond motifs is 1. The van der Waals surface area contributed by atoms with E-state index in [4.69, 9.17) is 16.3 Å². The largest absolute Gasteiger partial charge is 0.496 e. The quantitative estimate of drug-likeness (QED) is 0.757. The lowest BCUT2D eigenvalue weighted by atomic mass is 10.2. The van der Waals surface area contributed by atoms with Gasteiger partial charge in [-0.3, -0.25) is 9.20 Å². The lowest BCUT2D eigenvalue weighted by molar-refractivity contribution is -0.908. The van der Waals surface area contributed by atoms with Gasteiger partial charge in [0.2, 0.25) is 0 Å². The summed E-state index contributed by atoms with van der Waals surface area (Å²) >= 11 is 6.10. The van der Waals surface area contributed by atoms with Crippen molar-refractivity contribution in [2.75, 3.05) is 14.2 Å². The van der Waals surface area contributed by atoms with Crippen LogP contribution in [0.15, 0.2) is 47.3 Å². The van der Waals surface area contributed by atoms with E-state index in [1.54, 1.807) is 17.6 Å². The summed E-state index contributed by atoms with van der Waals surface area (Å²) in [7, 11) is 3.70. The second-order valence-corrected chi connectivity index (χ2v) is 6.65. The Morgan fingerprint density at radius 2 is 2.00 bits per heavy atom. The number of benzene rings is 1. The highest BCUT2D eigenvalue weighted by Gasteiger charge is 2.13. The Kier molecular flexibility index (Phi) is 5.06. The molecule has 0 saturated carbocycles. The van der Waals surface area contributed by atoms with E-state index in [-0.39, 0.29) is 5.56 Å².